The molecule has 0 radical (unpaired) electrons. The number of morpholine rings is 1. The van der Waals surface area contributed by atoms with E-state index in [0.717, 1.165) is 11.6 Å². The van der Waals surface area contributed by atoms with Gasteiger partial charge in [0, 0.05) is 12.8 Å². The van der Waals surface area contributed by atoms with Gasteiger partial charge < -0.3 is 14.6 Å². The number of benzene rings is 2. The average Bonchev–Trinajstić information content (AvgIpc) is 2.71. The summed E-state index contributed by atoms with van der Waals surface area (Å²) in [6.07, 6.45) is -5.55. The lowest BCUT2D eigenvalue weighted by atomic mass is 9.76. The fourth-order valence-corrected chi connectivity index (χ4v) is 4.34. The van der Waals surface area contributed by atoms with Crippen molar-refractivity contribution in [3.8, 4) is 0 Å². The fourth-order valence-electron chi connectivity index (χ4n) is 4.34. The molecule has 2 saturated heterocycles. The van der Waals surface area contributed by atoms with Crippen LogP contribution in [0.1, 0.15) is 29.5 Å². The second-order valence-corrected chi connectivity index (χ2v) is 7.92. The molecule has 5 nitrogen and oxygen atoms in total. The second kappa shape index (κ2) is 8.12. The number of rotatable bonds is 3. The molecule has 0 aromatic heterocycles. The number of ether oxygens (including phenoxy) is 2. The van der Waals surface area contributed by atoms with Crippen LogP contribution in [-0.2, 0) is 27.9 Å². The van der Waals surface area contributed by atoms with Crippen LogP contribution in [0.2, 0.25) is 0 Å². The van der Waals surface area contributed by atoms with Crippen molar-refractivity contribution in [1.29, 1.82) is 0 Å². The summed E-state index contributed by atoms with van der Waals surface area (Å²) in [5.41, 5.74) is -2.29. The van der Waals surface area contributed by atoms with Gasteiger partial charge in [-0.1, -0.05) is 36.4 Å². The summed E-state index contributed by atoms with van der Waals surface area (Å²) >= 11 is 0. The predicted octanol–water partition coefficient (Wildman–Crippen LogP) is 4.23. The first-order valence-electron chi connectivity index (χ1n) is 9.84. The molecule has 2 heterocycles. The van der Waals surface area contributed by atoms with Crippen LogP contribution < -0.4 is 0 Å². The molecule has 1 amide bonds. The Morgan fingerprint density at radius 3 is 2.39 bits per heavy atom. The number of fused-ring (bicyclic) bond motifs is 2. The summed E-state index contributed by atoms with van der Waals surface area (Å²) in [5, 5.41) is 11.2. The molecule has 2 bridgehead atoms. The van der Waals surface area contributed by atoms with E-state index < -0.39 is 41.3 Å². The van der Waals surface area contributed by atoms with Crippen molar-refractivity contribution in [3.63, 3.8) is 0 Å². The Balaban J connectivity index is 1.53. The van der Waals surface area contributed by atoms with E-state index in [4.69, 9.17) is 9.47 Å². The molecule has 9 heteroatoms. The van der Waals surface area contributed by atoms with Gasteiger partial charge in [0.2, 0.25) is 0 Å². The van der Waals surface area contributed by atoms with Gasteiger partial charge in [0.1, 0.15) is 12.4 Å². The summed E-state index contributed by atoms with van der Waals surface area (Å²) in [6, 6.07) is 10.5. The van der Waals surface area contributed by atoms with Gasteiger partial charge in [-0.25, -0.2) is 9.18 Å². The van der Waals surface area contributed by atoms with Gasteiger partial charge in [-0.05, 0) is 23.3 Å². The van der Waals surface area contributed by atoms with E-state index in [1.165, 1.54) is 4.90 Å². The van der Waals surface area contributed by atoms with Crippen molar-refractivity contribution >= 4 is 6.09 Å². The molecule has 2 atom stereocenters. The standard InChI is InChI=1S/C22H21F4NO4/c23-19-7-6-15(8-18(19)22(24,25)26)21(29)9-16-12-30-13-17(10-21)27(16)20(28)31-11-14-4-2-1-3-5-14/h1-8,16-17,29H,9-13H2. The summed E-state index contributed by atoms with van der Waals surface area (Å²) in [5.74, 6) is -1.40. The second-order valence-electron chi connectivity index (χ2n) is 7.92. The smallest absolute Gasteiger partial charge is 0.419 e. The van der Waals surface area contributed by atoms with Crippen LogP contribution in [0.4, 0.5) is 22.4 Å². The number of alkyl halides is 3. The molecule has 0 spiro atoms. The van der Waals surface area contributed by atoms with Gasteiger partial charge in [0.15, 0.2) is 0 Å². The van der Waals surface area contributed by atoms with Crippen molar-refractivity contribution in [2.24, 2.45) is 0 Å². The van der Waals surface area contributed by atoms with Crippen LogP contribution in [0, 0.1) is 5.82 Å². The minimum atomic E-state index is -4.88. The first-order chi connectivity index (χ1) is 14.7. The number of carbonyl (C=O) groups excluding carboxylic acids is 1. The Labute approximate surface area is 176 Å². The van der Waals surface area contributed by atoms with Gasteiger partial charge in [0.25, 0.3) is 0 Å². The molecule has 2 aromatic carbocycles. The zero-order valence-corrected chi connectivity index (χ0v) is 16.4. The van der Waals surface area contributed by atoms with E-state index in [1.807, 2.05) is 30.3 Å². The van der Waals surface area contributed by atoms with Gasteiger partial charge in [-0.3, -0.25) is 4.90 Å². The topological polar surface area (TPSA) is 59.0 Å². The highest BCUT2D eigenvalue weighted by molar-refractivity contribution is 5.69. The molecule has 166 valence electrons. The Morgan fingerprint density at radius 1 is 1.13 bits per heavy atom. The fraction of sp³-hybridized carbons (Fsp3) is 0.409. The first-order valence-corrected chi connectivity index (χ1v) is 9.84. The highest BCUT2D eigenvalue weighted by atomic mass is 19.4. The number of hydrogen-bond donors (Lipinski definition) is 1. The molecule has 2 aromatic rings. The third kappa shape index (κ3) is 4.38. The van der Waals surface area contributed by atoms with Crippen LogP contribution in [0.25, 0.3) is 0 Å². The molecule has 2 aliphatic heterocycles. The zero-order chi connectivity index (χ0) is 22.2. The van der Waals surface area contributed by atoms with E-state index in [2.05, 4.69) is 0 Å². The number of hydrogen-bond acceptors (Lipinski definition) is 4. The Kier molecular flexibility index (Phi) is 5.65. The zero-order valence-electron chi connectivity index (χ0n) is 16.4. The highest BCUT2D eigenvalue weighted by Crippen LogP contribution is 2.43. The lowest BCUT2D eigenvalue weighted by Gasteiger charge is -2.51. The van der Waals surface area contributed by atoms with Crippen molar-refractivity contribution in [3.05, 3.63) is 71.0 Å². The lowest BCUT2D eigenvalue weighted by Crippen LogP contribution is -2.62. The largest absolute Gasteiger partial charge is 0.445 e. The van der Waals surface area contributed by atoms with Gasteiger partial charge >= 0.3 is 12.3 Å². The molecule has 31 heavy (non-hydrogen) atoms. The third-order valence-electron chi connectivity index (χ3n) is 5.78. The Hall–Kier alpha value is -2.65. The molecule has 0 aliphatic carbocycles. The number of amides is 1. The van der Waals surface area contributed by atoms with Crippen LogP contribution in [-0.4, -0.2) is 41.4 Å². The van der Waals surface area contributed by atoms with E-state index in [0.29, 0.717) is 12.1 Å². The molecular weight excluding hydrogens is 418 g/mol. The van der Waals surface area contributed by atoms with Gasteiger partial charge in [0.05, 0.1) is 36.5 Å². The highest BCUT2D eigenvalue weighted by Gasteiger charge is 2.50. The lowest BCUT2D eigenvalue weighted by molar-refractivity contribution is -0.142. The first kappa shape index (κ1) is 21.6. The predicted molar refractivity (Wildman–Crippen MR) is 101 cm³/mol. The summed E-state index contributed by atoms with van der Waals surface area (Å²) < 4.78 is 64.0. The van der Waals surface area contributed by atoms with Crippen LogP contribution >= 0.6 is 0 Å². The third-order valence-corrected chi connectivity index (χ3v) is 5.78. The summed E-state index contributed by atoms with van der Waals surface area (Å²) in [7, 11) is 0. The van der Waals surface area contributed by atoms with Crippen LogP contribution in [0.15, 0.2) is 48.5 Å². The maximum absolute atomic E-state index is 13.7. The normalized spacial score (nSPS) is 25.9. The monoisotopic (exact) mass is 439 g/mol. The average molecular weight is 439 g/mol. The molecule has 0 saturated carbocycles. The summed E-state index contributed by atoms with van der Waals surface area (Å²) in [4.78, 5) is 14.2. The summed E-state index contributed by atoms with van der Waals surface area (Å²) in [6.45, 7) is 0.312. The maximum Gasteiger partial charge on any atom is 0.419 e. The quantitative estimate of drug-likeness (QED) is 0.728. The van der Waals surface area contributed by atoms with E-state index in [9.17, 15) is 27.5 Å². The Bertz CT molecular complexity index is 936. The van der Waals surface area contributed by atoms with E-state index in [-0.39, 0.29) is 38.2 Å². The van der Waals surface area contributed by atoms with Gasteiger partial charge in [-0.2, -0.15) is 13.2 Å². The van der Waals surface area contributed by atoms with E-state index in [1.54, 1.807) is 0 Å². The minimum absolute atomic E-state index is 0.0320. The van der Waals surface area contributed by atoms with Crippen molar-refractivity contribution < 1.29 is 36.9 Å². The molecular formula is C22H21F4NO4. The molecule has 2 unspecified atom stereocenters. The Morgan fingerprint density at radius 2 is 1.77 bits per heavy atom. The van der Waals surface area contributed by atoms with Crippen LogP contribution in [0.3, 0.4) is 0 Å². The van der Waals surface area contributed by atoms with Crippen molar-refractivity contribution in [2.75, 3.05) is 13.2 Å². The molecule has 1 N–H and O–H groups in total. The number of piperidine rings is 1. The van der Waals surface area contributed by atoms with Crippen LogP contribution in [0.5, 0.6) is 0 Å². The molecule has 2 fully saturated rings. The van der Waals surface area contributed by atoms with Gasteiger partial charge in [-0.15, -0.1) is 0 Å². The number of halogens is 4. The SMILES string of the molecule is O=C(OCc1ccccc1)N1C2COCC1CC(O)(c1ccc(F)c(C(F)(F)F)c1)C2. The van der Waals surface area contributed by atoms with Crippen molar-refractivity contribution in [1.82, 2.24) is 4.90 Å². The number of nitrogens with zero attached hydrogens (tertiary/aromatic N) is 1. The van der Waals surface area contributed by atoms with E-state index >= 15 is 0 Å². The molecule has 4 rings (SSSR count). The molecule has 2 aliphatic rings. The number of aliphatic hydroxyl groups is 1. The van der Waals surface area contributed by atoms with Crippen molar-refractivity contribution in [2.45, 2.75) is 43.3 Å². The minimum Gasteiger partial charge on any atom is -0.445 e. The number of carbonyl (C=O) groups is 1. The maximum atomic E-state index is 13.7.